The van der Waals surface area contributed by atoms with Gasteiger partial charge in [-0.15, -0.1) is 0 Å². The third-order valence-electron chi connectivity index (χ3n) is 2.49. The highest BCUT2D eigenvalue weighted by Crippen LogP contribution is 2.11. The van der Waals surface area contributed by atoms with Crippen LogP contribution >= 0.6 is 0 Å². The van der Waals surface area contributed by atoms with Gasteiger partial charge in [0.1, 0.15) is 11.8 Å². The van der Waals surface area contributed by atoms with E-state index in [0.717, 1.165) is 25.1 Å². The lowest BCUT2D eigenvalue weighted by Gasteiger charge is -2.05. The molecule has 6 nitrogen and oxygen atoms in total. The predicted octanol–water partition coefficient (Wildman–Crippen LogP) is 1.30. The molecule has 0 atom stereocenters. The lowest BCUT2D eigenvalue weighted by Crippen LogP contribution is -2.17. The summed E-state index contributed by atoms with van der Waals surface area (Å²) in [7, 11) is 0. The zero-order valence-electron chi connectivity index (χ0n) is 10.4. The fraction of sp³-hybridized carbons (Fsp3) is 0.308. The van der Waals surface area contributed by atoms with Crippen LogP contribution in [0.3, 0.4) is 0 Å². The van der Waals surface area contributed by atoms with Gasteiger partial charge >= 0.3 is 0 Å². The van der Waals surface area contributed by atoms with Crippen LogP contribution in [0, 0.1) is 11.3 Å². The normalized spacial score (nSPS) is 10.1. The number of hydrogen-bond acceptors (Lipinski definition) is 6. The molecule has 0 aliphatic carbocycles. The van der Waals surface area contributed by atoms with Crippen molar-refractivity contribution in [1.29, 1.82) is 5.26 Å². The summed E-state index contributed by atoms with van der Waals surface area (Å²) in [5, 5.41) is 15.4. The van der Waals surface area contributed by atoms with E-state index in [2.05, 4.69) is 20.0 Å². The van der Waals surface area contributed by atoms with E-state index in [1.54, 1.807) is 0 Å². The number of rotatable bonds is 7. The highest BCUT2D eigenvalue weighted by molar-refractivity contribution is 5.27. The van der Waals surface area contributed by atoms with Crippen LogP contribution < -0.4 is 10.1 Å². The van der Waals surface area contributed by atoms with Crippen LogP contribution in [0.2, 0.25) is 0 Å². The molecule has 0 amide bonds. The highest BCUT2D eigenvalue weighted by atomic mass is 16.5. The lowest BCUT2D eigenvalue weighted by molar-refractivity contribution is 0.368. The summed E-state index contributed by atoms with van der Waals surface area (Å²) in [6, 6.07) is 9.57. The van der Waals surface area contributed by atoms with E-state index < -0.39 is 0 Å². The second kappa shape index (κ2) is 7.13. The van der Waals surface area contributed by atoms with Crippen LogP contribution in [0.4, 0.5) is 0 Å². The first-order valence-electron chi connectivity index (χ1n) is 5.93. The van der Waals surface area contributed by atoms with Gasteiger partial charge in [-0.25, -0.2) is 0 Å². The van der Waals surface area contributed by atoms with Gasteiger partial charge in [0.2, 0.25) is 6.39 Å². The molecule has 0 aliphatic heterocycles. The summed E-state index contributed by atoms with van der Waals surface area (Å²) in [6.45, 7) is 1.62. The molecule has 0 saturated carbocycles. The van der Waals surface area contributed by atoms with Crippen molar-refractivity contribution >= 4 is 0 Å². The first-order chi connectivity index (χ1) is 9.38. The molecule has 19 heavy (non-hydrogen) atoms. The maximum absolute atomic E-state index is 8.40. The van der Waals surface area contributed by atoms with E-state index in [1.807, 2.05) is 30.3 Å². The molecule has 2 rings (SSSR count). The highest BCUT2D eigenvalue weighted by Gasteiger charge is 1.98. The van der Waals surface area contributed by atoms with E-state index in [0.29, 0.717) is 11.6 Å². The Balaban J connectivity index is 1.69. The molecule has 0 bridgehead atoms. The molecule has 6 heteroatoms. The van der Waals surface area contributed by atoms with Gasteiger partial charge in [0.15, 0.2) is 12.4 Å². The number of nitriles is 1. The number of aromatic nitrogens is 2. The van der Waals surface area contributed by atoms with Gasteiger partial charge in [0, 0.05) is 19.5 Å². The maximum Gasteiger partial charge on any atom is 0.213 e. The lowest BCUT2D eigenvalue weighted by atomic mass is 10.2. The first-order valence-corrected chi connectivity index (χ1v) is 5.93. The molecule has 0 fully saturated rings. The summed E-state index contributed by atoms with van der Waals surface area (Å²) in [5.74, 6) is 1.41. The SMILES string of the molecule is N#CCOc1ccc(CNCCc2ncon2)cc1. The van der Waals surface area contributed by atoms with Crippen LogP contribution in [-0.4, -0.2) is 23.3 Å². The van der Waals surface area contributed by atoms with Crippen LogP contribution in [0.5, 0.6) is 5.75 Å². The van der Waals surface area contributed by atoms with Crippen LogP contribution in [0.25, 0.3) is 0 Å². The molecule has 0 saturated heterocycles. The van der Waals surface area contributed by atoms with Gasteiger partial charge in [-0.3, -0.25) is 0 Å². The molecule has 0 spiro atoms. The van der Waals surface area contributed by atoms with Crippen molar-refractivity contribution < 1.29 is 9.26 Å². The Bertz CT molecular complexity index is 517. The Labute approximate surface area is 111 Å². The van der Waals surface area contributed by atoms with Crippen molar-refractivity contribution in [1.82, 2.24) is 15.5 Å². The third kappa shape index (κ3) is 4.41. The molecule has 1 aromatic heterocycles. The topological polar surface area (TPSA) is 84.0 Å². The summed E-state index contributed by atoms with van der Waals surface area (Å²) in [5.41, 5.74) is 1.15. The average Bonchev–Trinajstić information content (AvgIpc) is 2.96. The van der Waals surface area contributed by atoms with Gasteiger partial charge in [-0.1, -0.05) is 17.3 Å². The number of hydrogen-bond donors (Lipinski definition) is 1. The Morgan fingerprint density at radius 3 is 2.84 bits per heavy atom. The third-order valence-corrected chi connectivity index (χ3v) is 2.49. The number of nitrogens with zero attached hydrogens (tertiary/aromatic N) is 3. The summed E-state index contributed by atoms with van der Waals surface area (Å²) in [6.07, 6.45) is 2.06. The van der Waals surface area contributed by atoms with E-state index >= 15 is 0 Å². The van der Waals surface area contributed by atoms with Crippen LogP contribution in [0.1, 0.15) is 11.4 Å². The predicted molar refractivity (Wildman–Crippen MR) is 67.3 cm³/mol. The summed E-state index contributed by atoms with van der Waals surface area (Å²) >= 11 is 0. The van der Waals surface area contributed by atoms with Crippen molar-refractivity contribution in [2.75, 3.05) is 13.2 Å². The number of nitrogens with one attached hydrogen (secondary N) is 1. The average molecular weight is 258 g/mol. The molecule has 2 aromatic rings. The second-order valence-electron chi connectivity index (χ2n) is 3.86. The Hall–Kier alpha value is -2.39. The molecular weight excluding hydrogens is 244 g/mol. The van der Waals surface area contributed by atoms with E-state index in [1.165, 1.54) is 6.39 Å². The fourth-order valence-electron chi connectivity index (χ4n) is 1.55. The standard InChI is InChI=1S/C13H14N4O2/c14-6-8-18-12-3-1-11(2-4-12)9-15-7-5-13-16-10-19-17-13/h1-4,10,15H,5,7-9H2. The van der Waals surface area contributed by atoms with E-state index in [4.69, 9.17) is 10.00 Å². The largest absolute Gasteiger partial charge is 0.479 e. The van der Waals surface area contributed by atoms with Crippen molar-refractivity contribution in [2.45, 2.75) is 13.0 Å². The minimum atomic E-state index is 0.0717. The Morgan fingerprint density at radius 2 is 2.16 bits per heavy atom. The van der Waals surface area contributed by atoms with Crippen LogP contribution in [-0.2, 0) is 13.0 Å². The molecule has 0 aliphatic rings. The molecule has 1 N–H and O–H groups in total. The quantitative estimate of drug-likeness (QED) is 0.754. The molecule has 0 radical (unpaired) electrons. The van der Waals surface area contributed by atoms with Crippen molar-refractivity contribution in [2.24, 2.45) is 0 Å². The zero-order valence-corrected chi connectivity index (χ0v) is 10.4. The van der Waals surface area contributed by atoms with E-state index in [-0.39, 0.29) is 6.61 Å². The fourth-order valence-corrected chi connectivity index (χ4v) is 1.55. The van der Waals surface area contributed by atoms with Gasteiger partial charge < -0.3 is 14.6 Å². The van der Waals surface area contributed by atoms with Crippen molar-refractivity contribution in [3.8, 4) is 11.8 Å². The van der Waals surface area contributed by atoms with Crippen molar-refractivity contribution in [3.05, 3.63) is 42.0 Å². The van der Waals surface area contributed by atoms with E-state index in [9.17, 15) is 0 Å². The van der Waals surface area contributed by atoms with Gasteiger partial charge in [-0.05, 0) is 17.7 Å². The van der Waals surface area contributed by atoms with Gasteiger partial charge in [-0.2, -0.15) is 10.2 Å². The van der Waals surface area contributed by atoms with Gasteiger partial charge in [0.25, 0.3) is 0 Å². The minimum absolute atomic E-state index is 0.0717. The monoisotopic (exact) mass is 258 g/mol. The Kier molecular flexibility index (Phi) is 4.90. The van der Waals surface area contributed by atoms with Gasteiger partial charge in [0.05, 0.1) is 0 Å². The molecular formula is C13H14N4O2. The first kappa shape index (κ1) is 13.1. The smallest absolute Gasteiger partial charge is 0.213 e. The number of ether oxygens (including phenoxy) is 1. The van der Waals surface area contributed by atoms with Crippen LogP contribution in [0.15, 0.2) is 35.2 Å². The second-order valence-corrected chi connectivity index (χ2v) is 3.86. The maximum atomic E-state index is 8.40. The molecule has 98 valence electrons. The molecule has 0 unspecified atom stereocenters. The number of benzene rings is 1. The molecule has 1 heterocycles. The summed E-state index contributed by atoms with van der Waals surface area (Å²) in [4.78, 5) is 3.94. The summed E-state index contributed by atoms with van der Waals surface area (Å²) < 4.78 is 9.83. The Morgan fingerprint density at radius 1 is 1.32 bits per heavy atom. The zero-order chi connectivity index (χ0) is 13.3. The van der Waals surface area contributed by atoms with Crippen molar-refractivity contribution in [3.63, 3.8) is 0 Å². The molecule has 1 aromatic carbocycles. The minimum Gasteiger partial charge on any atom is -0.479 e.